The molecule has 5 nitrogen and oxygen atoms in total. The van der Waals surface area contributed by atoms with E-state index in [2.05, 4.69) is 17.9 Å². The highest BCUT2D eigenvalue weighted by molar-refractivity contribution is 5.66. The van der Waals surface area contributed by atoms with E-state index in [1.165, 1.54) is 0 Å². The van der Waals surface area contributed by atoms with Gasteiger partial charge in [0.05, 0.1) is 12.2 Å². The summed E-state index contributed by atoms with van der Waals surface area (Å²) in [5.74, 6) is 6.33. The van der Waals surface area contributed by atoms with Gasteiger partial charge in [-0.05, 0) is 50.0 Å². The minimum absolute atomic E-state index is 0.0360. The maximum atomic E-state index is 10.8. The van der Waals surface area contributed by atoms with Crippen molar-refractivity contribution in [2.75, 3.05) is 0 Å². The largest absolute Gasteiger partial charge is 0.489 e. The van der Waals surface area contributed by atoms with Gasteiger partial charge in [-0.15, -0.1) is 11.8 Å². The molecule has 1 aliphatic carbocycles. The van der Waals surface area contributed by atoms with Crippen molar-refractivity contribution in [3.05, 3.63) is 29.3 Å². The fourth-order valence-electron chi connectivity index (χ4n) is 4.83. The second-order valence-corrected chi connectivity index (χ2v) is 8.48. The summed E-state index contributed by atoms with van der Waals surface area (Å²) in [6.07, 6.45) is 3.21. The Morgan fingerprint density at radius 1 is 1.38 bits per heavy atom. The number of hydrogen-bond donors (Lipinski definition) is 3. The maximum Gasteiger partial charge on any atom is 0.303 e. The molecule has 1 fully saturated rings. The lowest BCUT2D eigenvalue weighted by atomic mass is 9.82. The number of aliphatic hydroxyl groups is 2. The van der Waals surface area contributed by atoms with Crippen LogP contribution in [0.3, 0.4) is 0 Å². The molecule has 1 aliphatic heterocycles. The van der Waals surface area contributed by atoms with Crippen LogP contribution in [0, 0.1) is 23.7 Å². The average molecular weight is 401 g/mol. The van der Waals surface area contributed by atoms with E-state index in [1.807, 2.05) is 26.0 Å². The summed E-state index contributed by atoms with van der Waals surface area (Å²) in [7, 11) is 0. The smallest absolute Gasteiger partial charge is 0.303 e. The summed E-state index contributed by atoms with van der Waals surface area (Å²) in [6.45, 7) is 3.82. The zero-order chi connectivity index (χ0) is 21.0. The average Bonchev–Trinajstić information content (AvgIpc) is 3.19. The first-order chi connectivity index (χ1) is 13.9. The Morgan fingerprint density at radius 2 is 2.17 bits per heavy atom. The molecule has 0 aromatic heterocycles. The lowest BCUT2D eigenvalue weighted by Gasteiger charge is -2.24. The minimum atomic E-state index is -0.781. The van der Waals surface area contributed by atoms with Crippen LogP contribution in [0.5, 0.6) is 5.75 Å². The number of para-hydroxylation sites is 1. The second kappa shape index (κ2) is 9.65. The predicted molar refractivity (Wildman–Crippen MR) is 111 cm³/mol. The molecule has 0 saturated heterocycles. The summed E-state index contributed by atoms with van der Waals surface area (Å²) < 4.78 is 6.24. The van der Waals surface area contributed by atoms with Gasteiger partial charge < -0.3 is 20.1 Å². The molecule has 1 aromatic carbocycles. The summed E-state index contributed by atoms with van der Waals surface area (Å²) in [4.78, 5) is 10.8. The molecule has 29 heavy (non-hydrogen) atoms. The molecular weight excluding hydrogens is 368 g/mol. The number of aliphatic hydroxyl groups excluding tert-OH is 2. The van der Waals surface area contributed by atoms with Crippen LogP contribution < -0.4 is 4.74 Å². The zero-order valence-corrected chi connectivity index (χ0v) is 17.3. The highest BCUT2D eigenvalue weighted by atomic mass is 16.5. The number of ether oxygens (including phenoxy) is 1. The maximum absolute atomic E-state index is 10.8. The van der Waals surface area contributed by atoms with E-state index in [-0.39, 0.29) is 30.3 Å². The van der Waals surface area contributed by atoms with Crippen molar-refractivity contribution in [3.8, 4) is 17.6 Å². The van der Waals surface area contributed by atoms with Gasteiger partial charge in [0.1, 0.15) is 11.9 Å². The number of carbonyl (C=O) groups is 1. The van der Waals surface area contributed by atoms with E-state index in [1.54, 1.807) is 0 Å². The molecule has 0 spiro atoms. The van der Waals surface area contributed by atoms with E-state index in [4.69, 9.17) is 9.84 Å². The number of aryl methyl sites for hydroxylation is 1. The van der Waals surface area contributed by atoms with Crippen LogP contribution in [0.15, 0.2) is 18.2 Å². The summed E-state index contributed by atoms with van der Waals surface area (Å²) in [5.41, 5.74) is 2.18. The normalized spacial score (nSPS) is 26.6. The van der Waals surface area contributed by atoms with Crippen molar-refractivity contribution in [1.82, 2.24) is 0 Å². The van der Waals surface area contributed by atoms with Crippen molar-refractivity contribution in [2.24, 2.45) is 11.8 Å². The van der Waals surface area contributed by atoms with Crippen molar-refractivity contribution < 1.29 is 24.9 Å². The molecule has 2 aliphatic rings. The third-order valence-electron chi connectivity index (χ3n) is 6.48. The number of fused-ring (bicyclic) bond motifs is 3. The fourth-order valence-corrected chi connectivity index (χ4v) is 4.83. The Bertz CT molecular complexity index is 777. The SMILES string of the molecule is CC#CC[C@@H](C)[C@@H](O)CC[C@H]1[C@@H]2c3cccc(CCCC(=O)O)c3O[C@@H]2C[C@@H]1O. The van der Waals surface area contributed by atoms with Crippen molar-refractivity contribution >= 4 is 5.97 Å². The quantitative estimate of drug-likeness (QED) is 0.552. The first-order valence-corrected chi connectivity index (χ1v) is 10.7. The lowest BCUT2D eigenvalue weighted by Crippen LogP contribution is -2.23. The van der Waals surface area contributed by atoms with Gasteiger partial charge in [0.2, 0.25) is 0 Å². The lowest BCUT2D eigenvalue weighted by molar-refractivity contribution is -0.137. The van der Waals surface area contributed by atoms with E-state index >= 15 is 0 Å². The van der Waals surface area contributed by atoms with Gasteiger partial charge in [-0.1, -0.05) is 25.1 Å². The number of carboxylic acids is 1. The molecule has 1 heterocycles. The first-order valence-electron chi connectivity index (χ1n) is 10.7. The number of benzene rings is 1. The van der Waals surface area contributed by atoms with Crippen LogP contribution in [-0.4, -0.2) is 39.6 Å². The van der Waals surface area contributed by atoms with Gasteiger partial charge in [-0.25, -0.2) is 0 Å². The van der Waals surface area contributed by atoms with Gasteiger partial charge >= 0.3 is 5.97 Å². The molecule has 0 unspecified atom stereocenters. The van der Waals surface area contributed by atoms with Gasteiger partial charge in [0.25, 0.3) is 0 Å². The highest BCUT2D eigenvalue weighted by Gasteiger charge is 2.49. The van der Waals surface area contributed by atoms with Crippen molar-refractivity contribution in [2.45, 2.75) is 83.0 Å². The van der Waals surface area contributed by atoms with Crippen LogP contribution in [0.25, 0.3) is 0 Å². The highest BCUT2D eigenvalue weighted by Crippen LogP contribution is 2.53. The van der Waals surface area contributed by atoms with Crippen LogP contribution in [0.2, 0.25) is 0 Å². The molecular formula is C24H32O5. The Hall–Kier alpha value is -2.03. The van der Waals surface area contributed by atoms with Gasteiger partial charge in [0, 0.05) is 30.7 Å². The Balaban J connectivity index is 1.68. The van der Waals surface area contributed by atoms with Crippen LogP contribution in [0.4, 0.5) is 0 Å². The van der Waals surface area contributed by atoms with Gasteiger partial charge in [0.15, 0.2) is 0 Å². The molecule has 0 amide bonds. The van der Waals surface area contributed by atoms with Crippen molar-refractivity contribution in [1.29, 1.82) is 0 Å². The van der Waals surface area contributed by atoms with Crippen LogP contribution in [-0.2, 0) is 11.2 Å². The molecule has 158 valence electrons. The standard InChI is InChI=1S/C24H32O5/c1-3-4-7-15(2)19(25)13-12-17-20(26)14-21-23(17)18-10-5-8-16(24(18)29-21)9-6-11-22(27)28/h5,8,10,15,17,19-21,23,25-26H,6-7,9,11-14H2,1-2H3,(H,27,28)/t15-,17-,19+,20+,21-,23-/m1/s1. The number of carboxylic acid groups (broad SMARTS) is 1. The van der Waals surface area contributed by atoms with E-state index < -0.39 is 18.2 Å². The molecule has 3 rings (SSSR count). The monoisotopic (exact) mass is 400 g/mol. The third-order valence-corrected chi connectivity index (χ3v) is 6.48. The van der Waals surface area contributed by atoms with Crippen molar-refractivity contribution in [3.63, 3.8) is 0 Å². The number of aliphatic carboxylic acids is 1. The van der Waals surface area contributed by atoms with E-state index in [0.717, 1.165) is 23.3 Å². The predicted octanol–water partition coefficient (Wildman–Crippen LogP) is 3.51. The third kappa shape index (κ3) is 4.94. The molecule has 6 atom stereocenters. The summed E-state index contributed by atoms with van der Waals surface area (Å²) in [6, 6.07) is 6.08. The molecule has 5 heteroatoms. The summed E-state index contributed by atoms with van der Waals surface area (Å²) in [5, 5.41) is 30.0. The van der Waals surface area contributed by atoms with E-state index in [0.29, 0.717) is 32.1 Å². The van der Waals surface area contributed by atoms with E-state index in [9.17, 15) is 15.0 Å². The Morgan fingerprint density at radius 3 is 2.90 bits per heavy atom. The van der Waals surface area contributed by atoms with Gasteiger partial charge in [-0.3, -0.25) is 4.79 Å². The van der Waals surface area contributed by atoms with Crippen LogP contribution >= 0.6 is 0 Å². The molecule has 0 bridgehead atoms. The Labute approximate surface area is 173 Å². The second-order valence-electron chi connectivity index (χ2n) is 8.48. The topological polar surface area (TPSA) is 87.0 Å². The van der Waals surface area contributed by atoms with Gasteiger partial charge in [-0.2, -0.15) is 0 Å². The summed E-state index contributed by atoms with van der Waals surface area (Å²) >= 11 is 0. The van der Waals surface area contributed by atoms with Crippen LogP contribution in [0.1, 0.15) is 69.4 Å². The molecule has 3 N–H and O–H groups in total. The molecule has 0 radical (unpaired) electrons. The molecule has 1 saturated carbocycles. The fraction of sp³-hybridized carbons (Fsp3) is 0.625. The zero-order valence-electron chi connectivity index (χ0n) is 17.3. The Kier molecular flexibility index (Phi) is 7.21. The number of rotatable bonds is 9. The first kappa shape index (κ1) is 21.7. The molecule has 1 aromatic rings. The number of hydrogen-bond acceptors (Lipinski definition) is 4. The minimum Gasteiger partial charge on any atom is -0.489 e.